The molecule has 1 spiro atoms. The largest absolute Gasteiger partial charge is 0.486 e. The summed E-state index contributed by atoms with van der Waals surface area (Å²) in [5, 5.41) is 2.93. The van der Waals surface area contributed by atoms with E-state index in [0.717, 1.165) is 12.8 Å². The van der Waals surface area contributed by atoms with E-state index in [1.807, 2.05) is 36.4 Å². The standard InChI is InChI=1S/C26H24N2O6/c29-23(28-21-11-5-4-10-20(21)27-25(31)26(28)14-6-7-15-26)17-33-24(30)22-13-12-19(34-22)16-32-18-8-2-1-3-9-18/h1-5,8-13H,6-7,14-17H2,(H,27,31). The number of hydrogen-bond donors (Lipinski definition) is 1. The van der Waals surface area contributed by atoms with Crippen LogP contribution >= 0.6 is 0 Å². The summed E-state index contributed by atoms with van der Waals surface area (Å²) in [5.74, 6) is -0.287. The van der Waals surface area contributed by atoms with Crippen molar-refractivity contribution in [2.45, 2.75) is 37.8 Å². The molecule has 1 saturated carbocycles. The van der Waals surface area contributed by atoms with Gasteiger partial charge in [0.15, 0.2) is 6.61 Å². The average Bonchev–Trinajstić information content (AvgIpc) is 3.54. The Bertz CT molecular complexity index is 1210. The minimum atomic E-state index is -0.954. The first kappa shape index (κ1) is 21.8. The maximum absolute atomic E-state index is 13.3. The number of hydrogen-bond acceptors (Lipinski definition) is 6. The number of fused-ring (bicyclic) bond motifs is 1. The predicted octanol–water partition coefficient (Wildman–Crippen LogP) is 4.31. The highest BCUT2D eigenvalue weighted by Gasteiger charge is 2.52. The summed E-state index contributed by atoms with van der Waals surface area (Å²) < 4.78 is 16.4. The highest BCUT2D eigenvalue weighted by atomic mass is 16.6. The van der Waals surface area contributed by atoms with Crippen molar-refractivity contribution in [1.29, 1.82) is 0 Å². The molecular formula is C26H24N2O6. The second kappa shape index (κ2) is 9.05. The first-order valence-electron chi connectivity index (χ1n) is 11.2. The van der Waals surface area contributed by atoms with Crippen molar-refractivity contribution in [3.05, 3.63) is 78.3 Å². The molecule has 0 unspecified atom stereocenters. The molecule has 2 heterocycles. The zero-order chi connectivity index (χ0) is 23.5. The monoisotopic (exact) mass is 460 g/mol. The summed E-state index contributed by atoms with van der Waals surface area (Å²) in [6.07, 6.45) is 2.82. The lowest BCUT2D eigenvalue weighted by molar-refractivity contribution is -0.129. The number of rotatable bonds is 6. The number of ether oxygens (including phenoxy) is 2. The van der Waals surface area contributed by atoms with Crippen LogP contribution in [-0.2, 0) is 20.9 Å². The molecule has 3 aromatic rings. The van der Waals surface area contributed by atoms with Gasteiger partial charge in [-0.1, -0.05) is 43.2 Å². The van der Waals surface area contributed by atoms with Gasteiger partial charge in [-0.15, -0.1) is 0 Å². The minimum Gasteiger partial charge on any atom is -0.486 e. The number of nitrogens with one attached hydrogen (secondary N) is 1. The van der Waals surface area contributed by atoms with Gasteiger partial charge in [0.25, 0.3) is 11.8 Å². The fourth-order valence-electron chi connectivity index (χ4n) is 4.63. The number of esters is 1. The van der Waals surface area contributed by atoms with E-state index in [2.05, 4.69) is 5.32 Å². The molecule has 1 aliphatic heterocycles. The van der Waals surface area contributed by atoms with Crippen molar-refractivity contribution < 1.29 is 28.3 Å². The Hall–Kier alpha value is -4.07. The highest BCUT2D eigenvalue weighted by Crippen LogP contribution is 2.45. The molecule has 8 heteroatoms. The first-order valence-corrected chi connectivity index (χ1v) is 11.2. The van der Waals surface area contributed by atoms with Crippen LogP contribution in [0, 0.1) is 0 Å². The second-order valence-corrected chi connectivity index (χ2v) is 8.38. The van der Waals surface area contributed by atoms with Crippen LogP contribution in [-0.4, -0.2) is 29.9 Å². The van der Waals surface area contributed by atoms with E-state index in [1.54, 1.807) is 24.3 Å². The third-order valence-electron chi connectivity index (χ3n) is 6.24. The van der Waals surface area contributed by atoms with Crippen molar-refractivity contribution in [3.63, 3.8) is 0 Å². The highest BCUT2D eigenvalue weighted by molar-refractivity contribution is 6.15. The maximum atomic E-state index is 13.3. The molecule has 0 radical (unpaired) electrons. The molecule has 1 aromatic heterocycles. The summed E-state index contributed by atoms with van der Waals surface area (Å²) in [6, 6.07) is 19.5. The predicted molar refractivity (Wildman–Crippen MR) is 124 cm³/mol. The minimum absolute atomic E-state index is 0.0215. The number of amides is 2. The van der Waals surface area contributed by atoms with Gasteiger partial charge in [-0.05, 0) is 49.2 Å². The van der Waals surface area contributed by atoms with E-state index >= 15 is 0 Å². The number of carbonyl (C=O) groups is 3. The van der Waals surface area contributed by atoms with Gasteiger partial charge >= 0.3 is 5.97 Å². The zero-order valence-electron chi connectivity index (χ0n) is 18.5. The Morgan fingerprint density at radius 2 is 1.71 bits per heavy atom. The fraction of sp³-hybridized carbons (Fsp3) is 0.269. The van der Waals surface area contributed by atoms with Crippen LogP contribution in [0.4, 0.5) is 11.4 Å². The number of para-hydroxylation sites is 3. The molecule has 2 aliphatic rings. The third kappa shape index (κ3) is 4.03. The lowest BCUT2D eigenvalue weighted by Crippen LogP contribution is -2.61. The quantitative estimate of drug-likeness (QED) is 0.551. The van der Waals surface area contributed by atoms with Crippen molar-refractivity contribution >= 4 is 29.2 Å². The van der Waals surface area contributed by atoms with Gasteiger partial charge in [-0.3, -0.25) is 14.5 Å². The summed E-state index contributed by atoms with van der Waals surface area (Å²) >= 11 is 0. The van der Waals surface area contributed by atoms with Gasteiger partial charge in [-0.25, -0.2) is 4.79 Å². The van der Waals surface area contributed by atoms with Gasteiger partial charge in [-0.2, -0.15) is 0 Å². The number of carbonyl (C=O) groups excluding carboxylic acids is 3. The lowest BCUT2D eigenvalue weighted by atomic mass is 9.90. The third-order valence-corrected chi connectivity index (χ3v) is 6.24. The van der Waals surface area contributed by atoms with E-state index in [0.29, 0.717) is 35.7 Å². The van der Waals surface area contributed by atoms with Crippen molar-refractivity contribution in [2.75, 3.05) is 16.8 Å². The summed E-state index contributed by atoms with van der Waals surface area (Å²) in [4.78, 5) is 40.3. The van der Waals surface area contributed by atoms with E-state index in [9.17, 15) is 14.4 Å². The molecule has 2 amide bonds. The Morgan fingerprint density at radius 1 is 0.971 bits per heavy atom. The van der Waals surface area contributed by atoms with E-state index in [-0.39, 0.29) is 18.3 Å². The molecule has 0 saturated heterocycles. The normalized spacial score (nSPS) is 16.1. The van der Waals surface area contributed by atoms with Crippen LogP contribution < -0.4 is 15.0 Å². The Balaban J connectivity index is 1.26. The maximum Gasteiger partial charge on any atom is 0.374 e. The summed E-state index contributed by atoms with van der Waals surface area (Å²) in [6.45, 7) is -0.350. The summed E-state index contributed by atoms with van der Waals surface area (Å²) in [7, 11) is 0. The van der Waals surface area contributed by atoms with E-state index in [4.69, 9.17) is 13.9 Å². The first-order chi connectivity index (χ1) is 16.6. The van der Waals surface area contributed by atoms with Crippen LogP contribution in [0.1, 0.15) is 42.0 Å². The molecule has 1 aliphatic carbocycles. The molecule has 8 nitrogen and oxygen atoms in total. The van der Waals surface area contributed by atoms with Gasteiger partial charge in [0.2, 0.25) is 5.76 Å². The molecule has 34 heavy (non-hydrogen) atoms. The second-order valence-electron chi connectivity index (χ2n) is 8.38. The lowest BCUT2D eigenvalue weighted by Gasteiger charge is -2.44. The number of nitrogens with zero attached hydrogens (tertiary/aromatic N) is 1. The fourth-order valence-corrected chi connectivity index (χ4v) is 4.63. The van der Waals surface area contributed by atoms with Crippen LogP contribution in [0.25, 0.3) is 0 Å². The average molecular weight is 460 g/mol. The molecule has 1 N–H and O–H groups in total. The van der Waals surface area contributed by atoms with Crippen LogP contribution in [0.3, 0.4) is 0 Å². The van der Waals surface area contributed by atoms with Crippen molar-refractivity contribution in [1.82, 2.24) is 0 Å². The van der Waals surface area contributed by atoms with Crippen molar-refractivity contribution in [3.8, 4) is 5.75 Å². The number of benzene rings is 2. The smallest absolute Gasteiger partial charge is 0.374 e. The van der Waals surface area contributed by atoms with E-state index < -0.39 is 24.0 Å². The molecular weight excluding hydrogens is 436 g/mol. The van der Waals surface area contributed by atoms with Gasteiger partial charge in [0.1, 0.15) is 23.7 Å². The Kier molecular flexibility index (Phi) is 5.79. The Morgan fingerprint density at radius 3 is 2.50 bits per heavy atom. The number of anilines is 2. The van der Waals surface area contributed by atoms with Crippen molar-refractivity contribution in [2.24, 2.45) is 0 Å². The van der Waals surface area contributed by atoms with Crippen LogP contribution in [0.2, 0.25) is 0 Å². The molecule has 0 bridgehead atoms. The van der Waals surface area contributed by atoms with Gasteiger partial charge in [0.05, 0.1) is 11.4 Å². The topological polar surface area (TPSA) is 98.1 Å². The SMILES string of the molecule is O=C(OCC(=O)N1c2ccccc2NC(=O)C12CCCC2)c1ccc(COc2ccccc2)o1. The number of furan rings is 1. The van der Waals surface area contributed by atoms with Gasteiger partial charge < -0.3 is 19.2 Å². The molecule has 5 rings (SSSR count). The molecule has 0 atom stereocenters. The van der Waals surface area contributed by atoms with Gasteiger partial charge in [0, 0.05) is 0 Å². The molecule has 1 fully saturated rings. The zero-order valence-corrected chi connectivity index (χ0v) is 18.5. The summed E-state index contributed by atoms with van der Waals surface area (Å²) in [5.41, 5.74) is 0.229. The molecule has 2 aromatic carbocycles. The molecule has 174 valence electrons. The Labute approximate surface area is 196 Å². The van der Waals surface area contributed by atoms with E-state index in [1.165, 1.54) is 11.0 Å². The van der Waals surface area contributed by atoms with Crippen LogP contribution in [0.5, 0.6) is 5.75 Å². The van der Waals surface area contributed by atoms with Crippen LogP contribution in [0.15, 0.2) is 71.1 Å².